The van der Waals surface area contributed by atoms with E-state index >= 15 is 0 Å². The van der Waals surface area contributed by atoms with E-state index in [4.69, 9.17) is 4.74 Å². The van der Waals surface area contributed by atoms with Gasteiger partial charge < -0.3 is 15.2 Å². The van der Waals surface area contributed by atoms with E-state index in [1.54, 1.807) is 27.7 Å². The van der Waals surface area contributed by atoms with Crippen LogP contribution in [-0.2, 0) is 17.6 Å². The van der Waals surface area contributed by atoms with Gasteiger partial charge in [0.05, 0.1) is 5.37 Å². The topological polar surface area (TPSA) is 87.7 Å². The third-order valence-electron chi connectivity index (χ3n) is 4.27. The number of hydrogen-bond donors (Lipinski definition) is 3. The van der Waals surface area contributed by atoms with Crippen LogP contribution in [0.2, 0.25) is 0 Å². The van der Waals surface area contributed by atoms with Gasteiger partial charge >= 0.3 is 12.2 Å². The molecule has 8 heteroatoms. The molecule has 0 saturated heterocycles. The Hall–Kier alpha value is -2.32. The summed E-state index contributed by atoms with van der Waals surface area (Å²) < 4.78 is 5.28. The fraction of sp³-hybridized carbons (Fsp3) is 0.417. The van der Waals surface area contributed by atoms with Crippen LogP contribution >= 0.6 is 21.6 Å². The third kappa shape index (κ3) is 11.3. The molecule has 2 aromatic rings. The number of benzene rings is 2. The van der Waals surface area contributed by atoms with Gasteiger partial charge in [-0.1, -0.05) is 64.1 Å². The van der Waals surface area contributed by atoms with Crippen molar-refractivity contribution in [3.63, 3.8) is 0 Å². The molecule has 0 fully saturated rings. The van der Waals surface area contributed by atoms with E-state index in [2.05, 4.69) is 22.8 Å². The van der Waals surface area contributed by atoms with E-state index < -0.39 is 17.8 Å². The Labute approximate surface area is 198 Å². The van der Waals surface area contributed by atoms with Crippen molar-refractivity contribution in [2.45, 2.75) is 57.4 Å². The molecule has 0 bridgehead atoms. The average Bonchev–Trinajstić information content (AvgIpc) is 2.71. The van der Waals surface area contributed by atoms with Crippen LogP contribution in [0.15, 0.2) is 54.6 Å². The first kappa shape index (κ1) is 25.9. The Balaban J connectivity index is 1.79. The molecule has 2 amide bonds. The van der Waals surface area contributed by atoms with E-state index in [1.807, 2.05) is 57.2 Å². The molecule has 0 saturated carbocycles. The number of amides is 2. The number of ether oxygens (including phenoxy) is 1. The minimum absolute atomic E-state index is 0.211. The quantitative estimate of drug-likeness (QED) is 0.193. The van der Waals surface area contributed by atoms with E-state index in [0.29, 0.717) is 18.5 Å². The molecule has 0 spiro atoms. The Morgan fingerprint density at radius 2 is 1.75 bits per heavy atom. The van der Waals surface area contributed by atoms with Crippen LogP contribution < -0.4 is 10.6 Å². The maximum Gasteiger partial charge on any atom is 0.412 e. The monoisotopic (exact) mass is 476 g/mol. The number of hydrogen-bond acceptors (Lipinski definition) is 5. The molecule has 6 nitrogen and oxygen atoms in total. The normalized spacial score (nSPS) is 12.1. The summed E-state index contributed by atoms with van der Waals surface area (Å²) in [5.74, 6) is 0.951. The molecule has 0 aliphatic carbocycles. The van der Waals surface area contributed by atoms with Crippen molar-refractivity contribution < 1.29 is 19.4 Å². The van der Waals surface area contributed by atoms with Crippen molar-refractivity contribution in [1.82, 2.24) is 5.32 Å². The first-order chi connectivity index (χ1) is 15.2. The molecule has 174 valence electrons. The van der Waals surface area contributed by atoms with Crippen LogP contribution in [0.5, 0.6) is 0 Å². The first-order valence-electron chi connectivity index (χ1n) is 10.6. The molecule has 0 aliphatic rings. The first-order valence-corrected chi connectivity index (χ1v) is 13.0. The minimum atomic E-state index is -1.02. The summed E-state index contributed by atoms with van der Waals surface area (Å²) >= 11 is 0. The van der Waals surface area contributed by atoms with Crippen LogP contribution in [0, 0.1) is 0 Å². The summed E-state index contributed by atoms with van der Waals surface area (Å²) in [7, 11) is 3.25. The standard InChI is InChI=1S/C24H32N2O4S2/c1-24(2,3)30-23(29)25-20-13-7-11-19(17-20)14-15-21(26-22(27)28)32-31-16-8-12-18-9-5-4-6-10-18/h4-7,9-11,13,17,21,26H,8,12,14-16H2,1-3H3,(H,25,29)(H,27,28). The summed E-state index contributed by atoms with van der Waals surface area (Å²) in [4.78, 5) is 23.2. The van der Waals surface area contributed by atoms with E-state index in [9.17, 15) is 14.7 Å². The maximum absolute atomic E-state index is 12.0. The highest BCUT2D eigenvalue weighted by molar-refractivity contribution is 8.76. The molecule has 0 heterocycles. The van der Waals surface area contributed by atoms with Gasteiger partial charge in [0, 0.05) is 11.4 Å². The number of aryl methyl sites for hydroxylation is 2. The second-order valence-corrected chi connectivity index (χ2v) is 11.0. The molecular formula is C24H32N2O4S2. The molecule has 2 rings (SSSR count). The molecule has 32 heavy (non-hydrogen) atoms. The van der Waals surface area contributed by atoms with Crippen LogP contribution in [0.3, 0.4) is 0 Å². The summed E-state index contributed by atoms with van der Waals surface area (Å²) in [6, 6.07) is 17.9. The fourth-order valence-corrected chi connectivity index (χ4v) is 5.37. The fourth-order valence-electron chi connectivity index (χ4n) is 2.92. The number of nitrogens with one attached hydrogen (secondary N) is 2. The van der Waals surface area contributed by atoms with Crippen molar-refractivity contribution in [3.05, 3.63) is 65.7 Å². The van der Waals surface area contributed by atoms with Crippen molar-refractivity contribution in [3.8, 4) is 0 Å². The number of rotatable bonds is 11. The molecular weight excluding hydrogens is 444 g/mol. The Morgan fingerprint density at radius 1 is 1.03 bits per heavy atom. The predicted octanol–water partition coefficient (Wildman–Crippen LogP) is 6.57. The Bertz CT molecular complexity index is 857. The van der Waals surface area contributed by atoms with Crippen molar-refractivity contribution in [1.29, 1.82) is 0 Å². The summed E-state index contributed by atoms with van der Waals surface area (Å²) in [6.45, 7) is 5.45. The van der Waals surface area contributed by atoms with Gasteiger partial charge in [-0.15, -0.1) is 0 Å². The maximum atomic E-state index is 12.0. The third-order valence-corrected chi connectivity index (χ3v) is 7.05. The van der Waals surface area contributed by atoms with Crippen molar-refractivity contribution in [2.75, 3.05) is 11.1 Å². The number of carbonyl (C=O) groups excluding carboxylic acids is 1. The smallest absolute Gasteiger partial charge is 0.412 e. The Kier molecular flexibility index (Phi) is 10.8. The summed E-state index contributed by atoms with van der Waals surface area (Å²) in [5, 5.41) is 14.3. The highest BCUT2D eigenvalue weighted by Gasteiger charge is 2.17. The largest absolute Gasteiger partial charge is 0.465 e. The van der Waals surface area contributed by atoms with E-state index in [1.165, 1.54) is 5.56 Å². The highest BCUT2D eigenvalue weighted by Crippen LogP contribution is 2.29. The zero-order valence-corrected chi connectivity index (χ0v) is 20.4. The lowest BCUT2D eigenvalue weighted by Gasteiger charge is -2.20. The van der Waals surface area contributed by atoms with Gasteiger partial charge in [0.15, 0.2) is 0 Å². The van der Waals surface area contributed by atoms with Gasteiger partial charge in [-0.3, -0.25) is 5.32 Å². The van der Waals surface area contributed by atoms with Crippen molar-refractivity contribution in [2.24, 2.45) is 0 Å². The second kappa shape index (κ2) is 13.3. The van der Waals surface area contributed by atoms with E-state index in [-0.39, 0.29) is 5.37 Å². The molecule has 1 atom stereocenters. The summed E-state index contributed by atoms with van der Waals surface area (Å²) in [6.07, 6.45) is 1.88. The molecule has 0 aromatic heterocycles. The van der Waals surface area contributed by atoms with Gasteiger partial charge in [-0.25, -0.2) is 9.59 Å². The highest BCUT2D eigenvalue weighted by atomic mass is 33.1. The molecule has 0 radical (unpaired) electrons. The molecule has 1 unspecified atom stereocenters. The SMILES string of the molecule is CC(C)(C)OC(=O)Nc1cccc(CCC(NC(=O)O)SSCCCc2ccccc2)c1. The second-order valence-electron chi connectivity index (χ2n) is 8.31. The number of anilines is 1. The Morgan fingerprint density at radius 3 is 2.44 bits per heavy atom. The van der Waals surface area contributed by atoms with Gasteiger partial charge in [0.25, 0.3) is 0 Å². The molecule has 2 aromatic carbocycles. The van der Waals surface area contributed by atoms with Crippen LogP contribution in [0.4, 0.5) is 15.3 Å². The minimum Gasteiger partial charge on any atom is -0.465 e. The van der Waals surface area contributed by atoms with Gasteiger partial charge in [-0.05, 0) is 69.7 Å². The average molecular weight is 477 g/mol. The number of carbonyl (C=O) groups is 2. The zero-order chi connectivity index (χ0) is 23.4. The lowest BCUT2D eigenvalue weighted by atomic mass is 10.1. The number of carboxylic acid groups (broad SMARTS) is 1. The van der Waals surface area contributed by atoms with E-state index in [0.717, 1.165) is 24.2 Å². The van der Waals surface area contributed by atoms with Crippen LogP contribution in [0.25, 0.3) is 0 Å². The van der Waals surface area contributed by atoms with Crippen LogP contribution in [-0.4, -0.2) is 34.0 Å². The lowest BCUT2D eigenvalue weighted by Crippen LogP contribution is -2.31. The molecule has 0 aliphatic heterocycles. The summed E-state index contributed by atoms with van der Waals surface area (Å²) in [5.41, 5.74) is 2.43. The lowest BCUT2D eigenvalue weighted by molar-refractivity contribution is 0.0636. The zero-order valence-electron chi connectivity index (χ0n) is 18.8. The van der Waals surface area contributed by atoms with Crippen LogP contribution in [0.1, 0.15) is 44.7 Å². The van der Waals surface area contributed by atoms with Gasteiger partial charge in [-0.2, -0.15) is 0 Å². The predicted molar refractivity (Wildman–Crippen MR) is 134 cm³/mol. The molecule has 3 N–H and O–H groups in total. The van der Waals surface area contributed by atoms with Crippen molar-refractivity contribution >= 4 is 39.5 Å². The van der Waals surface area contributed by atoms with Gasteiger partial charge in [0.1, 0.15) is 5.60 Å². The van der Waals surface area contributed by atoms with Gasteiger partial charge in [0.2, 0.25) is 0 Å².